The smallest absolute Gasteiger partial charge is 0.406 e. The molecule has 0 saturated carbocycles. The Kier molecular flexibility index (Phi) is 6.73. The van der Waals surface area contributed by atoms with Crippen LogP contribution in [0.25, 0.3) is 0 Å². The van der Waals surface area contributed by atoms with Gasteiger partial charge < -0.3 is 15.2 Å². The van der Waals surface area contributed by atoms with Gasteiger partial charge in [0.2, 0.25) is 0 Å². The summed E-state index contributed by atoms with van der Waals surface area (Å²) in [5, 5.41) is 0. The topological polar surface area (TPSA) is 47.7 Å². The maximum absolute atomic E-state index is 12.2. The van der Waals surface area contributed by atoms with Crippen molar-refractivity contribution < 1.29 is 22.6 Å². The third-order valence-corrected chi connectivity index (χ3v) is 3.02. The lowest BCUT2D eigenvalue weighted by Gasteiger charge is -2.32. The van der Waals surface area contributed by atoms with E-state index in [0.717, 1.165) is 12.1 Å². The van der Waals surface area contributed by atoms with E-state index in [1.807, 2.05) is 0 Å². The van der Waals surface area contributed by atoms with Crippen molar-refractivity contribution in [2.24, 2.45) is 5.73 Å². The minimum Gasteiger partial charge on any atom is -0.406 e. The van der Waals surface area contributed by atoms with Crippen LogP contribution < -0.4 is 10.5 Å². The molecule has 1 fully saturated rings. The van der Waals surface area contributed by atoms with Crippen LogP contribution in [0, 0.1) is 0 Å². The van der Waals surface area contributed by atoms with Crippen LogP contribution in [0.15, 0.2) is 24.3 Å². The Morgan fingerprint density at radius 1 is 1.38 bits per heavy atom. The van der Waals surface area contributed by atoms with Gasteiger partial charge in [0.1, 0.15) is 5.75 Å². The van der Waals surface area contributed by atoms with Gasteiger partial charge in [0, 0.05) is 26.2 Å². The number of nitrogens with two attached hydrogens (primary N) is 1. The molecule has 2 rings (SSSR count). The van der Waals surface area contributed by atoms with E-state index in [1.54, 1.807) is 12.1 Å². The Bertz CT molecular complexity index is 446. The quantitative estimate of drug-likeness (QED) is 0.921. The van der Waals surface area contributed by atoms with Gasteiger partial charge in [-0.2, -0.15) is 0 Å². The Hall–Kier alpha value is -1.02. The summed E-state index contributed by atoms with van der Waals surface area (Å²) in [6, 6.07) is 6.02. The van der Waals surface area contributed by atoms with Gasteiger partial charge in [-0.1, -0.05) is 12.1 Å². The predicted molar refractivity (Wildman–Crippen MR) is 74.4 cm³/mol. The van der Waals surface area contributed by atoms with E-state index in [9.17, 15) is 13.2 Å². The Morgan fingerprint density at radius 2 is 2.14 bits per heavy atom. The first kappa shape index (κ1) is 18.0. The normalized spacial score (nSPS) is 19.9. The Morgan fingerprint density at radius 3 is 2.81 bits per heavy atom. The molecule has 1 aliphatic rings. The summed E-state index contributed by atoms with van der Waals surface area (Å²) in [5.74, 6) is -0.196. The second-order valence-electron chi connectivity index (χ2n) is 4.66. The molecule has 120 valence electrons. The van der Waals surface area contributed by atoms with Gasteiger partial charge in [-0.05, 0) is 17.7 Å². The van der Waals surface area contributed by atoms with E-state index in [2.05, 4.69) is 9.64 Å². The van der Waals surface area contributed by atoms with Gasteiger partial charge in [0.25, 0.3) is 0 Å². The average molecular weight is 327 g/mol. The third kappa shape index (κ3) is 6.09. The fourth-order valence-corrected chi connectivity index (χ4v) is 2.17. The monoisotopic (exact) mass is 326 g/mol. The van der Waals surface area contributed by atoms with Gasteiger partial charge in [-0.15, -0.1) is 25.6 Å². The summed E-state index contributed by atoms with van der Waals surface area (Å²) in [6.07, 6.45) is -4.68. The second-order valence-corrected chi connectivity index (χ2v) is 4.66. The fraction of sp³-hybridized carbons (Fsp3) is 0.538. The van der Waals surface area contributed by atoms with Crippen molar-refractivity contribution in [2.45, 2.75) is 19.0 Å². The first-order chi connectivity index (χ1) is 9.46. The molecule has 0 radical (unpaired) electrons. The van der Waals surface area contributed by atoms with Crippen LogP contribution >= 0.6 is 12.4 Å². The molecule has 1 aromatic rings. The van der Waals surface area contributed by atoms with Crippen molar-refractivity contribution in [1.29, 1.82) is 0 Å². The molecule has 0 amide bonds. The SMILES string of the molecule is Cl.NCC1CN(Cc2cccc(OC(F)(F)F)c2)CCO1. The number of ether oxygens (including phenoxy) is 2. The molecular weight excluding hydrogens is 309 g/mol. The highest BCUT2D eigenvalue weighted by Crippen LogP contribution is 2.24. The number of hydrogen-bond acceptors (Lipinski definition) is 4. The molecule has 8 heteroatoms. The van der Waals surface area contributed by atoms with Gasteiger partial charge in [0.05, 0.1) is 12.7 Å². The Balaban J connectivity index is 0.00000220. The summed E-state index contributed by atoms with van der Waals surface area (Å²) in [7, 11) is 0. The first-order valence-corrected chi connectivity index (χ1v) is 6.35. The molecule has 1 aliphatic heterocycles. The van der Waals surface area contributed by atoms with Crippen LogP contribution in [0.2, 0.25) is 0 Å². The maximum atomic E-state index is 12.2. The van der Waals surface area contributed by atoms with Crippen LogP contribution in [0.4, 0.5) is 13.2 Å². The maximum Gasteiger partial charge on any atom is 0.573 e. The number of morpholine rings is 1. The van der Waals surface area contributed by atoms with Crippen molar-refractivity contribution in [3.8, 4) is 5.75 Å². The van der Waals surface area contributed by atoms with Crippen LogP contribution in [-0.2, 0) is 11.3 Å². The summed E-state index contributed by atoms with van der Waals surface area (Å²) in [6.45, 7) is 2.99. The van der Waals surface area contributed by atoms with Gasteiger partial charge >= 0.3 is 6.36 Å². The highest BCUT2D eigenvalue weighted by Gasteiger charge is 2.31. The molecule has 1 aromatic carbocycles. The molecule has 1 saturated heterocycles. The lowest BCUT2D eigenvalue weighted by atomic mass is 10.2. The molecule has 2 N–H and O–H groups in total. The number of alkyl halides is 3. The Labute approximate surface area is 127 Å². The van der Waals surface area contributed by atoms with E-state index in [0.29, 0.717) is 26.2 Å². The summed E-state index contributed by atoms with van der Waals surface area (Å²) in [5.41, 5.74) is 6.32. The summed E-state index contributed by atoms with van der Waals surface area (Å²) < 4.78 is 45.9. The van der Waals surface area contributed by atoms with Crippen LogP contribution in [0.5, 0.6) is 5.75 Å². The largest absolute Gasteiger partial charge is 0.573 e. The minimum atomic E-state index is -4.66. The summed E-state index contributed by atoms with van der Waals surface area (Å²) in [4.78, 5) is 2.10. The van der Waals surface area contributed by atoms with E-state index in [1.165, 1.54) is 12.1 Å². The standard InChI is InChI=1S/C13H17F3N2O2.ClH/c14-13(15,16)20-11-3-1-2-10(6-11)8-18-4-5-19-12(7-17)9-18;/h1-3,6,12H,4-5,7-9,17H2;1H. The van der Waals surface area contributed by atoms with Crippen molar-refractivity contribution in [1.82, 2.24) is 4.90 Å². The number of benzene rings is 1. The van der Waals surface area contributed by atoms with Crippen LogP contribution in [-0.4, -0.2) is 43.6 Å². The highest BCUT2D eigenvalue weighted by molar-refractivity contribution is 5.85. The van der Waals surface area contributed by atoms with Gasteiger partial charge in [0.15, 0.2) is 0 Å². The summed E-state index contributed by atoms with van der Waals surface area (Å²) >= 11 is 0. The molecule has 0 aliphatic carbocycles. The fourth-order valence-electron chi connectivity index (χ4n) is 2.17. The molecule has 21 heavy (non-hydrogen) atoms. The molecule has 1 heterocycles. The zero-order valence-electron chi connectivity index (χ0n) is 11.3. The van der Waals surface area contributed by atoms with E-state index < -0.39 is 6.36 Å². The van der Waals surface area contributed by atoms with Gasteiger partial charge in [-0.25, -0.2) is 0 Å². The highest BCUT2D eigenvalue weighted by atomic mass is 35.5. The third-order valence-electron chi connectivity index (χ3n) is 3.02. The van der Waals surface area contributed by atoms with Crippen molar-refractivity contribution in [3.63, 3.8) is 0 Å². The van der Waals surface area contributed by atoms with Crippen molar-refractivity contribution in [3.05, 3.63) is 29.8 Å². The van der Waals surface area contributed by atoms with Crippen LogP contribution in [0.1, 0.15) is 5.56 Å². The molecule has 0 aromatic heterocycles. The second kappa shape index (κ2) is 7.84. The van der Waals surface area contributed by atoms with Crippen LogP contribution in [0.3, 0.4) is 0 Å². The molecule has 0 spiro atoms. The molecule has 1 atom stereocenters. The van der Waals surface area contributed by atoms with Gasteiger partial charge in [-0.3, -0.25) is 4.90 Å². The number of halogens is 4. The predicted octanol–water partition coefficient (Wildman–Crippen LogP) is 2.17. The van der Waals surface area contributed by atoms with Crippen molar-refractivity contribution in [2.75, 3.05) is 26.2 Å². The lowest BCUT2D eigenvalue weighted by Crippen LogP contribution is -2.45. The number of hydrogen-bond donors (Lipinski definition) is 1. The number of rotatable bonds is 4. The van der Waals surface area contributed by atoms with E-state index in [4.69, 9.17) is 10.5 Å². The van der Waals surface area contributed by atoms with Crippen molar-refractivity contribution >= 4 is 12.4 Å². The zero-order chi connectivity index (χ0) is 14.6. The molecular formula is C13H18ClF3N2O2. The first-order valence-electron chi connectivity index (χ1n) is 6.35. The van der Waals surface area contributed by atoms with E-state index >= 15 is 0 Å². The molecule has 0 bridgehead atoms. The minimum absolute atomic E-state index is 0. The van der Waals surface area contributed by atoms with E-state index in [-0.39, 0.29) is 24.3 Å². The average Bonchev–Trinajstić information content (AvgIpc) is 2.37. The lowest BCUT2D eigenvalue weighted by molar-refractivity contribution is -0.274. The molecule has 1 unspecified atom stereocenters. The zero-order valence-corrected chi connectivity index (χ0v) is 12.1. The number of nitrogens with zero attached hydrogens (tertiary/aromatic N) is 1. The molecule has 4 nitrogen and oxygen atoms in total.